The molecular formula is C18H26N4O. The minimum Gasteiger partial charge on any atom is -0.390 e. The molecule has 1 fully saturated rings. The van der Waals surface area contributed by atoms with E-state index < -0.39 is 0 Å². The third-order valence-electron chi connectivity index (χ3n) is 4.31. The van der Waals surface area contributed by atoms with Crippen molar-refractivity contribution in [2.75, 3.05) is 26.2 Å². The lowest BCUT2D eigenvalue weighted by molar-refractivity contribution is 0.123. The summed E-state index contributed by atoms with van der Waals surface area (Å²) in [5.41, 5.74) is 3.30. The fraction of sp³-hybridized carbons (Fsp3) is 0.500. The maximum atomic E-state index is 10.2. The summed E-state index contributed by atoms with van der Waals surface area (Å²) in [6.45, 7) is 4.34. The van der Waals surface area contributed by atoms with Gasteiger partial charge in [0.05, 0.1) is 11.8 Å². The summed E-state index contributed by atoms with van der Waals surface area (Å²) in [4.78, 5) is 2.34. The highest BCUT2D eigenvalue weighted by Crippen LogP contribution is 2.21. The molecule has 2 aromatic rings. The predicted molar refractivity (Wildman–Crippen MR) is 92.0 cm³/mol. The molecule has 2 N–H and O–H groups in total. The number of hydrogen-bond donors (Lipinski definition) is 2. The molecular weight excluding hydrogens is 288 g/mol. The first-order valence-electron chi connectivity index (χ1n) is 8.41. The van der Waals surface area contributed by atoms with Crippen LogP contribution in [0.2, 0.25) is 0 Å². The summed E-state index contributed by atoms with van der Waals surface area (Å²) in [6.07, 6.45) is 4.25. The Labute approximate surface area is 137 Å². The number of likely N-dealkylation sites (tertiary alicyclic amines) is 1. The molecule has 1 aromatic carbocycles. The van der Waals surface area contributed by atoms with Crippen LogP contribution in [0.25, 0.3) is 11.3 Å². The Morgan fingerprint density at radius 2 is 1.96 bits per heavy atom. The molecule has 5 heteroatoms. The molecule has 23 heavy (non-hydrogen) atoms. The van der Waals surface area contributed by atoms with Crippen LogP contribution in [0, 0.1) is 0 Å². The maximum absolute atomic E-state index is 10.2. The zero-order valence-electron chi connectivity index (χ0n) is 13.8. The van der Waals surface area contributed by atoms with Crippen LogP contribution in [0.1, 0.15) is 18.4 Å². The van der Waals surface area contributed by atoms with E-state index in [4.69, 9.17) is 0 Å². The van der Waals surface area contributed by atoms with E-state index in [1.165, 1.54) is 12.8 Å². The molecule has 0 radical (unpaired) electrons. The summed E-state index contributed by atoms with van der Waals surface area (Å²) in [5, 5.41) is 18.1. The van der Waals surface area contributed by atoms with Crippen LogP contribution in [-0.4, -0.2) is 52.1 Å². The second-order valence-electron chi connectivity index (χ2n) is 6.34. The number of nitrogens with one attached hydrogen (secondary N) is 1. The van der Waals surface area contributed by atoms with E-state index in [0.29, 0.717) is 6.54 Å². The van der Waals surface area contributed by atoms with Crippen LogP contribution in [0.5, 0.6) is 0 Å². The highest BCUT2D eigenvalue weighted by Gasteiger charge is 2.16. The van der Waals surface area contributed by atoms with Gasteiger partial charge in [-0.3, -0.25) is 4.68 Å². The fourth-order valence-corrected chi connectivity index (χ4v) is 3.21. The second kappa shape index (κ2) is 7.73. The number of aryl methyl sites for hydroxylation is 1. The number of β-amino-alcohol motifs (C(OH)–C–C–N with tert-alkyl or cyclic N) is 1. The Bertz CT molecular complexity index is 605. The summed E-state index contributed by atoms with van der Waals surface area (Å²) in [7, 11) is 1.94. The average molecular weight is 314 g/mol. The highest BCUT2D eigenvalue weighted by atomic mass is 16.3. The zero-order chi connectivity index (χ0) is 16.1. The van der Waals surface area contributed by atoms with Gasteiger partial charge in [-0.05, 0) is 25.9 Å². The van der Waals surface area contributed by atoms with Gasteiger partial charge >= 0.3 is 0 Å². The van der Waals surface area contributed by atoms with Gasteiger partial charge in [0, 0.05) is 44.0 Å². The molecule has 1 atom stereocenters. The molecule has 0 saturated carbocycles. The molecule has 124 valence electrons. The number of hydrogen-bond acceptors (Lipinski definition) is 4. The van der Waals surface area contributed by atoms with Crippen molar-refractivity contribution in [3.8, 4) is 11.3 Å². The van der Waals surface area contributed by atoms with Crippen molar-refractivity contribution in [1.82, 2.24) is 20.0 Å². The van der Waals surface area contributed by atoms with Crippen LogP contribution in [0.15, 0.2) is 36.5 Å². The van der Waals surface area contributed by atoms with Crippen molar-refractivity contribution < 1.29 is 5.11 Å². The Hall–Kier alpha value is -1.69. The molecule has 1 aromatic heterocycles. The Balaban J connectivity index is 1.54. The topological polar surface area (TPSA) is 53.3 Å². The van der Waals surface area contributed by atoms with Crippen molar-refractivity contribution in [2.24, 2.45) is 7.05 Å². The van der Waals surface area contributed by atoms with Crippen molar-refractivity contribution >= 4 is 0 Å². The quantitative estimate of drug-likeness (QED) is 0.816. The van der Waals surface area contributed by atoms with E-state index >= 15 is 0 Å². The average Bonchev–Trinajstić information content (AvgIpc) is 3.18. The minimum absolute atomic E-state index is 0.315. The molecule has 5 nitrogen and oxygen atoms in total. The monoisotopic (exact) mass is 314 g/mol. The number of rotatable bonds is 7. The molecule has 0 bridgehead atoms. The number of benzene rings is 1. The van der Waals surface area contributed by atoms with Crippen LogP contribution in [-0.2, 0) is 13.6 Å². The van der Waals surface area contributed by atoms with Gasteiger partial charge in [-0.2, -0.15) is 5.10 Å². The largest absolute Gasteiger partial charge is 0.390 e. The first kappa shape index (κ1) is 16.2. The van der Waals surface area contributed by atoms with E-state index in [-0.39, 0.29) is 6.10 Å². The Kier molecular flexibility index (Phi) is 5.43. The van der Waals surface area contributed by atoms with E-state index in [1.54, 1.807) is 0 Å². The van der Waals surface area contributed by atoms with Crippen molar-refractivity contribution in [1.29, 1.82) is 0 Å². The lowest BCUT2D eigenvalue weighted by atomic mass is 10.1. The van der Waals surface area contributed by atoms with E-state index in [9.17, 15) is 5.11 Å². The molecule has 1 aliphatic rings. The Morgan fingerprint density at radius 3 is 2.70 bits per heavy atom. The predicted octanol–water partition coefficient (Wildman–Crippen LogP) is 1.63. The number of aromatic nitrogens is 2. The minimum atomic E-state index is -0.315. The number of aliphatic hydroxyl groups is 1. The number of aliphatic hydroxyl groups excluding tert-OH is 1. The lowest BCUT2D eigenvalue weighted by Gasteiger charge is -2.19. The SMILES string of the molecule is Cn1cc(CNCC(O)CN2CCCC2)c(-c2ccccc2)n1. The van der Waals surface area contributed by atoms with Gasteiger partial charge in [0.2, 0.25) is 0 Å². The Morgan fingerprint density at radius 1 is 1.22 bits per heavy atom. The molecule has 0 amide bonds. The van der Waals surface area contributed by atoms with Gasteiger partial charge in [0.1, 0.15) is 0 Å². The summed E-state index contributed by atoms with van der Waals surface area (Å²) < 4.78 is 1.85. The first-order valence-corrected chi connectivity index (χ1v) is 8.41. The van der Waals surface area contributed by atoms with E-state index in [0.717, 1.165) is 43.0 Å². The maximum Gasteiger partial charge on any atom is 0.0967 e. The molecule has 1 aliphatic heterocycles. The third-order valence-corrected chi connectivity index (χ3v) is 4.31. The molecule has 0 spiro atoms. The third kappa shape index (κ3) is 4.41. The van der Waals surface area contributed by atoms with Crippen LogP contribution < -0.4 is 5.32 Å². The van der Waals surface area contributed by atoms with E-state index in [2.05, 4.69) is 27.4 Å². The molecule has 0 aliphatic carbocycles. The molecule has 1 unspecified atom stereocenters. The zero-order valence-corrected chi connectivity index (χ0v) is 13.8. The smallest absolute Gasteiger partial charge is 0.0967 e. The normalized spacial score (nSPS) is 16.8. The standard InChI is InChI=1S/C18H26N4O/c1-21-13-16(18(20-21)15-7-3-2-4-8-15)11-19-12-17(23)14-22-9-5-6-10-22/h2-4,7-8,13,17,19,23H,5-6,9-12,14H2,1H3. The first-order chi connectivity index (χ1) is 11.2. The lowest BCUT2D eigenvalue weighted by Crippen LogP contribution is -2.36. The summed E-state index contributed by atoms with van der Waals surface area (Å²) in [6, 6.07) is 10.2. The van der Waals surface area contributed by atoms with Crippen molar-refractivity contribution in [3.63, 3.8) is 0 Å². The molecule has 1 saturated heterocycles. The van der Waals surface area contributed by atoms with Crippen LogP contribution >= 0.6 is 0 Å². The summed E-state index contributed by atoms with van der Waals surface area (Å²) in [5.74, 6) is 0. The number of nitrogens with zero attached hydrogens (tertiary/aromatic N) is 3. The van der Waals surface area contributed by atoms with Gasteiger partial charge in [0.15, 0.2) is 0 Å². The molecule has 3 rings (SSSR count). The highest BCUT2D eigenvalue weighted by molar-refractivity contribution is 5.62. The van der Waals surface area contributed by atoms with Crippen LogP contribution in [0.4, 0.5) is 0 Å². The van der Waals surface area contributed by atoms with Gasteiger partial charge in [-0.25, -0.2) is 0 Å². The van der Waals surface area contributed by atoms with Crippen LogP contribution in [0.3, 0.4) is 0 Å². The molecule has 2 heterocycles. The van der Waals surface area contributed by atoms with E-state index in [1.807, 2.05) is 36.1 Å². The van der Waals surface area contributed by atoms with Crippen molar-refractivity contribution in [2.45, 2.75) is 25.5 Å². The van der Waals surface area contributed by atoms with Gasteiger partial charge < -0.3 is 15.3 Å². The van der Waals surface area contributed by atoms with Gasteiger partial charge in [-0.1, -0.05) is 30.3 Å². The van der Waals surface area contributed by atoms with Gasteiger partial charge in [0.25, 0.3) is 0 Å². The second-order valence-corrected chi connectivity index (χ2v) is 6.34. The fourth-order valence-electron chi connectivity index (χ4n) is 3.21. The van der Waals surface area contributed by atoms with Gasteiger partial charge in [-0.15, -0.1) is 0 Å². The van der Waals surface area contributed by atoms with Crippen molar-refractivity contribution in [3.05, 3.63) is 42.1 Å². The summed E-state index contributed by atoms with van der Waals surface area (Å²) >= 11 is 0.